The van der Waals surface area contributed by atoms with Crippen LogP contribution < -0.4 is 21.7 Å². The van der Waals surface area contributed by atoms with Crippen molar-refractivity contribution in [2.45, 2.75) is 51.4 Å². The van der Waals surface area contributed by atoms with Crippen LogP contribution in [0.1, 0.15) is 51.4 Å². The first-order chi connectivity index (χ1) is 8.70. The van der Waals surface area contributed by atoms with Crippen LogP contribution >= 0.6 is 0 Å². The normalized spacial score (nSPS) is 10.1. The molecule has 0 bridgehead atoms. The molecule has 0 aromatic heterocycles. The lowest BCUT2D eigenvalue weighted by atomic mass is 10.1. The van der Waals surface area contributed by atoms with E-state index < -0.39 is 0 Å². The predicted molar refractivity (Wildman–Crippen MR) is 71.3 cm³/mol. The summed E-state index contributed by atoms with van der Waals surface area (Å²) in [6, 6.07) is 0. The largest absolute Gasteiger partial charge is 0.292 e. The van der Waals surface area contributed by atoms with Crippen molar-refractivity contribution >= 4 is 11.8 Å². The number of carbonyl (C=O) groups excluding carboxylic acids is 2. The van der Waals surface area contributed by atoms with Gasteiger partial charge in [-0.15, -0.1) is 0 Å². The zero-order chi connectivity index (χ0) is 13.6. The van der Waals surface area contributed by atoms with Crippen LogP contribution in [0.3, 0.4) is 0 Å². The summed E-state index contributed by atoms with van der Waals surface area (Å²) in [5.74, 6) is 0.0856. The summed E-state index contributed by atoms with van der Waals surface area (Å²) >= 11 is 0. The number of hydrazine groups is 2. The Kier molecular flexibility index (Phi) is 11.5. The summed E-state index contributed by atoms with van der Waals surface area (Å²) in [6.45, 7) is 0. The van der Waals surface area contributed by atoms with Gasteiger partial charge in [-0.25, -0.2) is 10.9 Å². The first-order valence-electron chi connectivity index (χ1n) is 6.62. The van der Waals surface area contributed by atoms with Gasteiger partial charge in [0, 0.05) is 26.9 Å². The molecule has 0 spiro atoms. The van der Waals surface area contributed by atoms with Gasteiger partial charge in [-0.2, -0.15) is 0 Å². The van der Waals surface area contributed by atoms with E-state index in [1.807, 2.05) is 0 Å². The van der Waals surface area contributed by atoms with Gasteiger partial charge in [0.15, 0.2) is 0 Å². The number of rotatable bonds is 11. The Labute approximate surface area is 109 Å². The molecule has 0 saturated carbocycles. The minimum absolute atomic E-state index is 0.0428. The van der Waals surface area contributed by atoms with Crippen LogP contribution in [0.4, 0.5) is 0 Å². The molecule has 0 aromatic rings. The third-order valence-corrected chi connectivity index (χ3v) is 2.59. The molecule has 6 nitrogen and oxygen atoms in total. The molecule has 18 heavy (non-hydrogen) atoms. The molecular weight excluding hydrogens is 232 g/mol. The second-order valence-corrected chi connectivity index (χ2v) is 4.22. The molecule has 0 aliphatic rings. The fraction of sp³-hybridized carbons (Fsp3) is 0.833. The predicted octanol–water partition coefficient (Wildman–Crippen LogP) is 0.608. The van der Waals surface area contributed by atoms with Crippen LogP contribution in [-0.4, -0.2) is 25.9 Å². The molecule has 0 fully saturated rings. The number of unbranched alkanes of at least 4 members (excludes halogenated alkanes) is 5. The summed E-state index contributed by atoms with van der Waals surface area (Å²) < 4.78 is 0. The van der Waals surface area contributed by atoms with Crippen LogP contribution in [0.25, 0.3) is 0 Å². The van der Waals surface area contributed by atoms with Gasteiger partial charge >= 0.3 is 0 Å². The van der Waals surface area contributed by atoms with Crippen LogP contribution in [-0.2, 0) is 9.59 Å². The highest BCUT2D eigenvalue weighted by molar-refractivity contribution is 5.75. The highest BCUT2D eigenvalue weighted by Crippen LogP contribution is 2.08. The van der Waals surface area contributed by atoms with Gasteiger partial charge in [0.25, 0.3) is 0 Å². The molecule has 0 radical (unpaired) electrons. The van der Waals surface area contributed by atoms with Gasteiger partial charge in [0.2, 0.25) is 11.8 Å². The molecule has 4 N–H and O–H groups in total. The first kappa shape index (κ1) is 16.9. The second kappa shape index (κ2) is 12.3. The maximum Gasteiger partial charge on any atom is 0.234 e. The van der Waals surface area contributed by atoms with Crippen molar-refractivity contribution < 1.29 is 9.59 Å². The Hall–Kier alpha value is -1.14. The topological polar surface area (TPSA) is 82.3 Å². The number of nitrogens with one attached hydrogen (secondary N) is 4. The summed E-state index contributed by atoms with van der Waals surface area (Å²) in [6.07, 6.45) is 7.39. The van der Waals surface area contributed by atoms with Crippen LogP contribution in [0.15, 0.2) is 0 Å². The quantitative estimate of drug-likeness (QED) is 0.323. The third kappa shape index (κ3) is 11.3. The van der Waals surface area contributed by atoms with E-state index in [0.29, 0.717) is 12.8 Å². The highest BCUT2D eigenvalue weighted by Gasteiger charge is 2.00. The highest BCUT2D eigenvalue weighted by atomic mass is 16.2. The molecule has 0 unspecified atom stereocenters. The van der Waals surface area contributed by atoms with E-state index in [0.717, 1.165) is 38.5 Å². The van der Waals surface area contributed by atoms with Gasteiger partial charge < -0.3 is 0 Å². The molecule has 0 aliphatic carbocycles. The van der Waals surface area contributed by atoms with Crippen LogP contribution in [0.5, 0.6) is 0 Å². The summed E-state index contributed by atoms with van der Waals surface area (Å²) in [4.78, 5) is 22.2. The fourth-order valence-corrected chi connectivity index (χ4v) is 1.68. The lowest BCUT2D eigenvalue weighted by molar-refractivity contribution is -0.122. The molecule has 106 valence electrons. The average Bonchev–Trinajstić information content (AvgIpc) is 2.33. The van der Waals surface area contributed by atoms with E-state index in [-0.39, 0.29) is 11.8 Å². The van der Waals surface area contributed by atoms with E-state index in [1.54, 1.807) is 14.1 Å². The van der Waals surface area contributed by atoms with Gasteiger partial charge in [-0.05, 0) is 12.8 Å². The molecule has 0 rings (SSSR count). The maximum absolute atomic E-state index is 11.1. The molecule has 0 aliphatic heterocycles. The van der Waals surface area contributed by atoms with Gasteiger partial charge in [-0.3, -0.25) is 20.4 Å². The van der Waals surface area contributed by atoms with Crippen molar-refractivity contribution in [1.29, 1.82) is 0 Å². The minimum Gasteiger partial charge on any atom is -0.292 e. The fourth-order valence-electron chi connectivity index (χ4n) is 1.68. The number of hydrogen-bond acceptors (Lipinski definition) is 4. The Morgan fingerprint density at radius 2 is 1.00 bits per heavy atom. The summed E-state index contributed by atoms with van der Waals surface area (Å²) in [5.41, 5.74) is 10.3. The van der Waals surface area contributed by atoms with Crippen LogP contribution in [0, 0.1) is 0 Å². The van der Waals surface area contributed by atoms with Gasteiger partial charge in [0.05, 0.1) is 0 Å². The van der Waals surface area contributed by atoms with Gasteiger partial charge in [-0.1, -0.05) is 25.7 Å². The van der Waals surface area contributed by atoms with E-state index in [2.05, 4.69) is 21.7 Å². The second-order valence-electron chi connectivity index (χ2n) is 4.22. The van der Waals surface area contributed by atoms with E-state index in [9.17, 15) is 9.59 Å². The molecule has 0 heterocycles. The van der Waals surface area contributed by atoms with Crippen molar-refractivity contribution in [2.24, 2.45) is 0 Å². The van der Waals surface area contributed by atoms with E-state index >= 15 is 0 Å². The zero-order valence-corrected chi connectivity index (χ0v) is 11.5. The molecule has 6 heteroatoms. The van der Waals surface area contributed by atoms with Gasteiger partial charge in [0.1, 0.15) is 0 Å². The third-order valence-electron chi connectivity index (χ3n) is 2.59. The van der Waals surface area contributed by atoms with Crippen LogP contribution in [0.2, 0.25) is 0 Å². The Bertz CT molecular complexity index is 210. The van der Waals surface area contributed by atoms with E-state index in [4.69, 9.17) is 0 Å². The molecule has 0 saturated heterocycles. The molecular formula is C12H26N4O2. The molecule has 2 amide bonds. The Morgan fingerprint density at radius 3 is 1.33 bits per heavy atom. The SMILES string of the molecule is CNNC(=O)CCCCCCCCC(=O)NNC. The lowest BCUT2D eigenvalue weighted by Gasteiger charge is -2.04. The van der Waals surface area contributed by atoms with Crippen molar-refractivity contribution in [3.05, 3.63) is 0 Å². The number of amides is 2. The molecule has 0 atom stereocenters. The standard InChI is InChI=1S/C12H26N4O2/c1-13-15-11(17)9-7-5-3-4-6-8-10-12(18)16-14-2/h13-14H,3-10H2,1-2H3,(H,15,17)(H,16,18). The first-order valence-corrected chi connectivity index (χ1v) is 6.62. The average molecular weight is 258 g/mol. The zero-order valence-electron chi connectivity index (χ0n) is 11.5. The van der Waals surface area contributed by atoms with Crippen molar-refractivity contribution in [3.8, 4) is 0 Å². The number of hydrogen-bond donors (Lipinski definition) is 4. The van der Waals surface area contributed by atoms with Crippen molar-refractivity contribution in [1.82, 2.24) is 21.7 Å². The Morgan fingerprint density at radius 1 is 0.667 bits per heavy atom. The maximum atomic E-state index is 11.1. The van der Waals surface area contributed by atoms with E-state index in [1.165, 1.54) is 0 Å². The van der Waals surface area contributed by atoms with Crippen molar-refractivity contribution in [3.63, 3.8) is 0 Å². The lowest BCUT2D eigenvalue weighted by Crippen LogP contribution is -2.33. The summed E-state index contributed by atoms with van der Waals surface area (Å²) in [7, 11) is 3.37. The minimum atomic E-state index is 0.0428. The smallest absolute Gasteiger partial charge is 0.234 e. The number of carbonyl (C=O) groups is 2. The van der Waals surface area contributed by atoms with Crippen molar-refractivity contribution in [2.75, 3.05) is 14.1 Å². The monoisotopic (exact) mass is 258 g/mol. The molecule has 0 aromatic carbocycles. The Balaban J connectivity index is 3.16. The summed E-state index contributed by atoms with van der Waals surface area (Å²) in [5, 5.41) is 0.